The number of hydrogen-bond acceptors (Lipinski definition) is 2. The predicted octanol–water partition coefficient (Wildman–Crippen LogP) is 3.40. The molecule has 0 aliphatic carbocycles. The zero-order valence-corrected chi connectivity index (χ0v) is 11.5. The molecule has 16 heavy (non-hydrogen) atoms. The van der Waals surface area contributed by atoms with Crippen LogP contribution in [0.4, 0.5) is 0 Å². The molecule has 1 aromatic heterocycles. The predicted molar refractivity (Wildman–Crippen MR) is 79.1 cm³/mol. The van der Waals surface area contributed by atoms with E-state index in [1.807, 2.05) is 6.08 Å². The highest BCUT2D eigenvalue weighted by Crippen LogP contribution is 2.13. The summed E-state index contributed by atoms with van der Waals surface area (Å²) >= 11 is 3.55. The van der Waals surface area contributed by atoms with Gasteiger partial charge in [-0.05, 0) is 34.4 Å². The topological polar surface area (TPSA) is 0 Å². The number of allylic oxidation sites excluding steroid dienone is 2. The van der Waals surface area contributed by atoms with Gasteiger partial charge in [-0.1, -0.05) is 32.6 Å². The van der Waals surface area contributed by atoms with Crippen LogP contribution in [0.2, 0.25) is 0 Å². The second-order valence-electron chi connectivity index (χ2n) is 3.55. The van der Waals surface area contributed by atoms with Crippen molar-refractivity contribution < 1.29 is 0 Å². The van der Waals surface area contributed by atoms with Gasteiger partial charge in [0.2, 0.25) is 0 Å². The van der Waals surface area contributed by atoms with Gasteiger partial charge in [0.25, 0.3) is 0 Å². The lowest BCUT2D eigenvalue weighted by Crippen LogP contribution is -2.18. The third kappa shape index (κ3) is 4.03. The van der Waals surface area contributed by atoms with Crippen molar-refractivity contribution >= 4 is 35.3 Å². The Morgan fingerprint density at radius 3 is 3.00 bits per heavy atom. The fraction of sp³-hybridized carbons (Fsp3) is 0.286. The van der Waals surface area contributed by atoms with E-state index in [4.69, 9.17) is 0 Å². The van der Waals surface area contributed by atoms with Gasteiger partial charge in [0.15, 0.2) is 0 Å². The SMILES string of the molecule is C=CC(C)/C=c1/ccs/c1=C/C(=C)SCC. The summed E-state index contributed by atoms with van der Waals surface area (Å²) in [6.07, 6.45) is 6.36. The lowest BCUT2D eigenvalue weighted by Gasteiger charge is -1.95. The molecule has 0 aliphatic rings. The third-order valence-corrected chi connectivity index (χ3v) is 3.82. The maximum absolute atomic E-state index is 4.04. The zero-order valence-electron chi connectivity index (χ0n) is 9.90. The van der Waals surface area contributed by atoms with Gasteiger partial charge in [0, 0.05) is 9.44 Å². The van der Waals surface area contributed by atoms with Gasteiger partial charge < -0.3 is 0 Å². The average molecular weight is 250 g/mol. The Kier molecular flexibility index (Phi) is 5.64. The number of thiophene rings is 1. The summed E-state index contributed by atoms with van der Waals surface area (Å²) in [7, 11) is 0. The normalized spacial score (nSPS) is 15.1. The molecule has 1 rings (SSSR count). The maximum atomic E-state index is 4.04. The molecule has 0 aromatic carbocycles. The highest BCUT2D eigenvalue weighted by molar-refractivity contribution is 8.03. The highest BCUT2D eigenvalue weighted by Gasteiger charge is 1.93. The van der Waals surface area contributed by atoms with Crippen LogP contribution in [0, 0.1) is 5.92 Å². The molecule has 1 atom stereocenters. The van der Waals surface area contributed by atoms with Gasteiger partial charge >= 0.3 is 0 Å². The molecule has 0 spiro atoms. The Morgan fingerprint density at radius 2 is 2.38 bits per heavy atom. The largest absolute Gasteiger partial charge is 0.144 e. The van der Waals surface area contributed by atoms with Crippen molar-refractivity contribution in [2.45, 2.75) is 13.8 Å². The highest BCUT2D eigenvalue weighted by atomic mass is 32.2. The Bertz CT molecular complexity index is 465. The van der Waals surface area contributed by atoms with Gasteiger partial charge in [0.1, 0.15) is 0 Å². The molecular formula is C14H18S2. The van der Waals surface area contributed by atoms with Crippen LogP contribution in [0.15, 0.2) is 35.6 Å². The van der Waals surface area contributed by atoms with Gasteiger partial charge in [0.05, 0.1) is 0 Å². The van der Waals surface area contributed by atoms with E-state index in [0.29, 0.717) is 5.92 Å². The van der Waals surface area contributed by atoms with Gasteiger partial charge in [-0.3, -0.25) is 0 Å². The van der Waals surface area contributed by atoms with Crippen LogP contribution in [-0.4, -0.2) is 5.75 Å². The number of rotatable bonds is 5. The summed E-state index contributed by atoms with van der Waals surface area (Å²) < 4.78 is 1.29. The van der Waals surface area contributed by atoms with Crippen molar-refractivity contribution in [2.75, 3.05) is 5.75 Å². The molecule has 1 heterocycles. The van der Waals surface area contributed by atoms with E-state index in [0.717, 1.165) is 10.7 Å². The lowest BCUT2D eigenvalue weighted by molar-refractivity contribution is 1.000. The first-order valence-corrected chi connectivity index (χ1v) is 7.25. The second kappa shape index (κ2) is 6.77. The summed E-state index contributed by atoms with van der Waals surface area (Å²) in [5, 5.41) is 3.41. The summed E-state index contributed by atoms with van der Waals surface area (Å²) in [4.78, 5) is 1.13. The molecule has 0 aliphatic heterocycles. The second-order valence-corrected chi connectivity index (χ2v) is 5.88. The Labute approximate surface area is 106 Å². The molecule has 0 N–H and O–H groups in total. The monoisotopic (exact) mass is 250 g/mol. The quantitative estimate of drug-likeness (QED) is 0.722. The molecule has 0 amide bonds. The Hall–Kier alpha value is -0.730. The van der Waals surface area contributed by atoms with Gasteiger partial charge in [-0.2, -0.15) is 0 Å². The van der Waals surface area contributed by atoms with Crippen LogP contribution < -0.4 is 9.75 Å². The van der Waals surface area contributed by atoms with Crippen molar-refractivity contribution in [3.8, 4) is 0 Å². The summed E-state index contributed by atoms with van der Waals surface area (Å²) in [6, 6.07) is 2.15. The van der Waals surface area contributed by atoms with Crippen molar-refractivity contribution in [3.63, 3.8) is 0 Å². The average Bonchev–Trinajstić information content (AvgIpc) is 2.66. The van der Waals surface area contributed by atoms with E-state index in [9.17, 15) is 0 Å². The molecule has 0 fully saturated rings. The molecule has 0 saturated carbocycles. The van der Waals surface area contributed by atoms with Crippen LogP contribution in [0.3, 0.4) is 0 Å². The maximum Gasteiger partial charge on any atom is 0.0350 e. The molecule has 0 radical (unpaired) electrons. The first kappa shape index (κ1) is 13.3. The van der Waals surface area contributed by atoms with Crippen LogP contribution in [0.1, 0.15) is 13.8 Å². The summed E-state index contributed by atoms with van der Waals surface area (Å²) in [5.41, 5.74) is 0. The third-order valence-electron chi connectivity index (χ3n) is 2.16. The molecule has 86 valence electrons. The standard InChI is InChI=1S/C14H18S2/c1-5-11(3)9-13-7-8-16-14(13)10-12(4)15-6-2/h5,7-11H,1,4,6H2,2-3H3/b13-9-,14-10+. The van der Waals surface area contributed by atoms with E-state index in [1.165, 1.54) is 9.75 Å². The molecule has 0 saturated heterocycles. The van der Waals surface area contributed by atoms with E-state index in [2.05, 4.69) is 50.6 Å². The van der Waals surface area contributed by atoms with Crippen molar-refractivity contribution in [3.05, 3.63) is 45.3 Å². The minimum atomic E-state index is 0.411. The molecule has 1 unspecified atom stereocenters. The van der Waals surface area contributed by atoms with E-state index in [1.54, 1.807) is 23.1 Å². The van der Waals surface area contributed by atoms with Crippen LogP contribution in [0.5, 0.6) is 0 Å². The van der Waals surface area contributed by atoms with Crippen molar-refractivity contribution in [1.82, 2.24) is 0 Å². The first-order valence-electron chi connectivity index (χ1n) is 5.38. The van der Waals surface area contributed by atoms with E-state index >= 15 is 0 Å². The Morgan fingerprint density at radius 1 is 1.62 bits per heavy atom. The van der Waals surface area contributed by atoms with Crippen LogP contribution in [0.25, 0.3) is 12.2 Å². The summed E-state index contributed by atoms with van der Waals surface area (Å²) in [6.45, 7) is 12.1. The molecule has 1 aromatic rings. The molecular weight excluding hydrogens is 232 g/mol. The first-order chi connectivity index (χ1) is 7.67. The molecule has 0 bridgehead atoms. The Balaban J connectivity index is 3.07. The fourth-order valence-electron chi connectivity index (χ4n) is 1.31. The lowest BCUT2D eigenvalue weighted by atomic mass is 10.1. The van der Waals surface area contributed by atoms with Gasteiger partial charge in [-0.15, -0.1) is 29.7 Å². The van der Waals surface area contributed by atoms with Crippen molar-refractivity contribution in [2.24, 2.45) is 5.92 Å². The fourth-order valence-corrected chi connectivity index (χ4v) is 2.80. The number of thioether (sulfide) groups is 1. The molecule has 2 heteroatoms. The minimum absolute atomic E-state index is 0.411. The van der Waals surface area contributed by atoms with Gasteiger partial charge in [-0.25, -0.2) is 0 Å². The van der Waals surface area contributed by atoms with E-state index < -0.39 is 0 Å². The number of hydrogen-bond donors (Lipinski definition) is 0. The van der Waals surface area contributed by atoms with Crippen LogP contribution in [-0.2, 0) is 0 Å². The molecule has 0 nitrogen and oxygen atoms in total. The van der Waals surface area contributed by atoms with Crippen molar-refractivity contribution in [1.29, 1.82) is 0 Å². The van der Waals surface area contributed by atoms with Crippen LogP contribution >= 0.6 is 23.1 Å². The minimum Gasteiger partial charge on any atom is -0.144 e. The summed E-state index contributed by atoms with van der Waals surface area (Å²) in [5.74, 6) is 1.48. The zero-order chi connectivity index (χ0) is 12.0. The smallest absolute Gasteiger partial charge is 0.0350 e. The van der Waals surface area contributed by atoms with E-state index in [-0.39, 0.29) is 0 Å².